The fraction of sp³-hybridized carbons (Fsp3) is 0.933. The standard InChI is InChI=1S/C15H26N2O2/c1-19-6-5-17(10-14-3-2-4-16-14)15(18)13-8-11-7-12(11)9-13/h11-14,16H,2-10H2,1H3. The summed E-state index contributed by atoms with van der Waals surface area (Å²) in [6.07, 6.45) is 6.11. The van der Waals surface area contributed by atoms with Gasteiger partial charge < -0.3 is 15.0 Å². The van der Waals surface area contributed by atoms with Gasteiger partial charge in [0.25, 0.3) is 0 Å². The molecule has 2 aliphatic carbocycles. The van der Waals surface area contributed by atoms with Gasteiger partial charge in [0.15, 0.2) is 0 Å². The zero-order valence-electron chi connectivity index (χ0n) is 11.9. The minimum Gasteiger partial charge on any atom is -0.383 e. The van der Waals surface area contributed by atoms with E-state index in [-0.39, 0.29) is 0 Å². The van der Waals surface area contributed by atoms with E-state index >= 15 is 0 Å². The third-order valence-corrected chi connectivity index (χ3v) is 5.07. The molecule has 0 aromatic rings. The highest BCUT2D eigenvalue weighted by atomic mass is 16.5. The summed E-state index contributed by atoms with van der Waals surface area (Å²) in [4.78, 5) is 14.7. The van der Waals surface area contributed by atoms with Gasteiger partial charge in [-0.25, -0.2) is 0 Å². The van der Waals surface area contributed by atoms with Crippen LogP contribution in [0.1, 0.15) is 32.1 Å². The Morgan fingerprint density at radius 2 is 2.11 bits per heavy atom. The Balaban J connectivity index is 1.55. The third kappa shape index (κ3) is 3.11. The van der Waals surface area contributed by atoms with Crippen molar-refractivity contribution in [1.29, 1.82) is 0 Å². The molecule has 3 fully saturated rings. The van der Waals surface area contributed by atoms with Crippen LogP contribution in [0.25, 0.3) is 0 Å². The van der Waals surface area contributed by atoms with Gasteiger partial charge >= 0.3 is 0 Å². The van der Waals surface area contributed by atoms with Crippen LogP contribution in [0, 0.1) is 17.8 Å². The van der Waals surface area contributed by atoms with Crippen LogP contribution in [0.5, 0.6) is 0 Å². The number of ether oxygens (including phenoxy) is 1. The summed E-state index contributed by atoms with van der Waals surface area (Å²) in [6.45, 7) is 3.37. The molecule has 19 heavy (non-hydrogen) atoms. The monoisotopic (exact) mass is 266 g/mol. The lowest BCUT2D eigenvalue weighted by Gasteiger charge is -2.28. The first-order valence-corrected chi connectivity index (χ1v) is 7.79. The van der Waals surface area contributed by atoms with E-state index in [1.54, 1.807) is 7.11 Å². The Kier molecular flexibility index (Phi) is 4.08. The molecule has 1 heterocycles. The minimum absolute atomic E-state index is 0.307. The molecule has 3 atom stereocenters. The van der Waals surface area contributed by atoms with Gasteiger partial charge in [-0.2, -0.15) is 0 Å². The summed E-state index contributed by atoms with van der Waals surface area (Å²) >= 11 is 0. The largest absolute Gasteiger partial charge is 0.383 e. The molecule has 3 aliphatic rings. The molecular formula is C15H26N2O2. The summed E-state index contributed by atoms with van der Waals surface area (Å²) in [7, 11) is 1.71. The van der Waals surface area contributed by atoms with Crippen molar-refractivity contribution in [2.24, 2.45) is 17.8 Å². The highest BCUT2D eigenvalue weighted by molar-refractivity contribution is 5.79. The van der Waals surface area contributed by atoms with Crippen molar-refractivity contribution in [3.63, 3.8) is 0 Å². The summed E-state index contributed by atoms with van der Waals surface area (Å²) in [5.74, 6) is 2.45. The number of fused-ring (bicyclic) bond motifs is 1. The number of hydrogen-bond acceptors (Lipinski definition) is 3. The molecule has 1 amide bonds. The Morgan fingerprint density at radius 1 is 1.32 bits per heavy atom. The van der Waals surface area contributed by atoms with E-state index < -0.39 is 0 Å². The van der Waals surface area contributed by atoms with Crippen LogP contribution >= 0.6 is 0 Å². The van der Waals surface area contributed by atoms with Gasteiger partial charge in [0.2, 0.25) is 5.91 Å². The topological polar surface area (TPSA) is 41.6 Å². The average molecular weight is 266 g/mol. The van der Waals surface area contributed by atoms with E-state index in [2.05, 4.69) is 10.2 Å². The Bertz CT molecular complexity index is 318. The Morgan fingerprint density at radius 3 is 2.74 bits per heavy atom. The molecule has 0 bridgehead atoms. The quantitative estimate of drug-likeness (QED) is 0.787. The maximum Gasteiger partial charge on any atom is 0.225 e. The molecule has 108 valence electrons. The predicted molar refractivity (Wildman–Crippen MR) is 73.8 cm³/mol. The lowest BCUT2D eigenvalue weighted by atomic mass is 10.0. The molecule has 4 heteroatoms. The first kappa shape index (κ1) is 13.4. The summed E-state index contributed by atoms with van der Waals surface area (Å²) in [5, 5.41) is 3.49. The fourth-order valence-electron chi connectivity index (χ4n) is 3.85. The minimum atomic E-state index is 0.307. The second-order valence-corrected chi connectivity index (χ2v) is 6.49. The number of hydrogen-bond donors (Lipinski definition) is 1. The molecule has 0 spiro atoms. The molecule has 0 radical (unpaired) electrons. The van der Waals surface area contributed by atoms with Crippen LogP contribution in [0.2, 0.25) is 0 Å². The van der Waals surface area contributed by atoms with E-state index in [9.17, 15) is 4.79 Å². The SMILES string of the molecule is COCCN(CC1CCCN1)C(=O)C1CC2CC2C1. The predicted octanol–water partition coefficient (Wildman–Crippen LogP) is 1.26. The van der Waals surface area contributed by atoms with Gasteiger partial charge in [0.1, 0.15) is 0 Å². The maximum atomic E-state index is 12.6. The van der Waals surface area contributed by atoms with E-state index in [0.29, 0.717) is 24.5 Å². The number of nitrogens with zero attached hydrogens (tertiary/aromatic N) is 1. The zero-order chi connectivity index (χ0) is 13.2. The third-order valence-electron chi connectivity index (χ3n) is 5.07. The van der Waals surface area contributed by atoms with Gasteiger partial charge in [0, 0.05) is 32.2 Å². The molecule has 1 N–H and O–H groups in total. The van der Waals surface area contributed by atoms with E-state index in [4.69, 9.17) is 4.74 Å². The van der Waals surface area contributed by atoms with Gasteiger partial charge in [0.05, 0.1) is 6.61 Å². The van der Waals surface area contributed by atoms with E-state index in [0.717, 1.165) is 44.3 Å². The lowest BCUT2D eigenvalue weighted by Crippen LogP contribution is -2.45. The van der Waals surface area contributed by atoms with Crippen molar-refractivity contribution in [2.45, 2.75) is 38.1 Å². The van der Waals surface area contributed by atoms with Crippen LogP contribution in [0.15, 0.2) is 0 Å². The van der Waals surface area contributed by atoms with Crippen molar-refractivity contribution in [3.05, 3.63) is 0 Å². The molecule has 3 rings (SSSR count). The van der Waals surface area contributed by atoms with Crippen LogP contribution in [0.4, 0.5) is 0 Å². The molecule has 3 unspecified atom stereocenters. The molecule has 0 aromatic carbocycles. The zero-order valence-corrected chi connectivity index (χ0v) is 11.9. The summed E-state index contributed by atoms with van der Waals surface area (Å²) in [5.41, 5.74) is 0. The maximum absolute atomic E-state index is 12.6. The van der Waals surface area contributed by atoms with Crippen molar-refractivity contribution in [1.82, 2.24) is 10.2 Å². The smallest absolute Gasteiger partial charge is 0.225 e. The van der Waals surface area contributed by atoms with Crippen LogP contribution < -0.4 is 5.32 Å². The van der Waals surface area contributed by atoms with Crippen molar-refractivity contribution >= 4 is 5.91 Å². The highest BCUT2D eigenvalue weighted by Crippen LogP contribution is 2.54. The first-order valence-electron chi connectivity index (χ1n) is 7.79. The first-order chi connectivity index (χ1) is 9.28. The van der Waals surface area contributed by atoms with E-state index in [1.165, 1.54) is 19.3 Å². The molecular weight excluding hydrogens is 240 g/mol. The van der Waals surface area contributed by atoms with Gasteiger partial charge in [-0.3, -0.25) is 4.79 Å². The number of nitrogens with one attached hydrogen (secondary N) is 1. The van der Waals surface area contributed by atoms with Crippen molar-refractivity contribution in [3.8, 4) is 0 Å². The van der Waals surface area contributed by atoms with Gasteiger partial charge in [-0.1, -0.05) is 0 Å². The normalized spacial score (nSPS) is 36.3. The summed E-state index contributed by atoms with van der Waals surface area (Å²) < 4.78 is 5.17. The molecule has 2 saturated carbocycles. The molecule has 0 aromatic heterocycles. The van der Waals surface area contributed by atoms with E-state index in [1.807, 2.05) is 0 Å². The Hall–Kier alpha value is -0.610. The van der Waals surface area contributed by atoms with Crippen LogP contribution in [-0.4, -0.2) is 50.2 Å². The molecule has 1 aliphatic heterocycles. The van der Waals surface area contributed by atoms with Gasteiger partial charge in [-0.05, 0) is 50.5 Å². The number of carbonyl (C=O) groups is 1. The second-order valence-electron chi connectivity index (χ2n) is 6.49. The van der Waals surface area contributed by atoms with Crippen molar-refractivity contribution in [2.75, 3.05) is 33.4 Å². The van der Waals surface area contributed by atoms with Crippen molar-refractivity contribution < 1.29 is 9.53 Å². The van der Waals surface area contributed by atoms with Gasteiger partial charge in [-0.15, -0.1) is 0 Å². The average Bonchev–Trinajstić information content (AvgIpc) is 2.85. The number of methoxy groups -OCH3 is 1. The highest BCUT2D eigenvalue weighted by Gasteiger charge is 2.48. The summed E-state index contributed by atoms with van der Waals surface area (Å²) in [6, 6.07) is 0.497. The number of carbonyl (C=O) groups excluding carboxylic acids is 1. The second kappa shape index (κ2) is 5.80. The lowest BCUT2D eigenvalue weighted by molar-refractivity contribution is -0.136. The molecule has 1 saturated heterocycles. The fourth-order valence-corrected chi connectivity index (χ4v) is 3.85. The van der Waals surface area contributed by atoms with Crippen LogP contribution in [-0.2, 0) is 9.53 Å². The van der Waals surface area contributed by atoms with Crippen LogP contribution in [0.3, 0.4) is 0 Å². The Labute approximate surface area is 115 Å². The number of amides is 1. The number of rotatable bonds is 6. The molecule has 4 nitrogen and oxygen atoms in total.